The molecule has 0 aromatic heterocycles. The highest BCUT2D eigenvalue weighted by molar-refractivity contribution is 6.30. The molecular formula is C70H109ClN12O12. The summed E-state index contributed by atoms with van der Waals surface area (Å²) in [5.74, 6) is -7.75. The minimum Gasteiger partial charge on any atom is -0.343 e. The van der Waals surface area contributed by atoms with E-state index in [4.69, 9.17) is 11.6 Å². The van der Waals surface area contributed by atoms with E-state index in [-0.39, 0.29) is 63.5 Å². The van der Waals surface area contributed by atoms with Crippen LogP contribution in [0.5, 0.6) is 0 Å². The molecule has 2 aliphatic carbocycles. The minimum absolute atomic E-state index is 0.0917. The van der Waals surface area contributed by atoms with Crippen molar-refractivity contribution in [2.24, 2.45) is 23.7 Å². The van der Waals surface area contributed by atoms with Gasteiger partial charge in [0.05, 0.1) is 19.5 Å². The topological polar surface area (TPSA) is 270 Å². The van der Waals surface area contributed by atoms with Gasteiger partial charge < -0.3 is 60.0 Å². The van der Waals surface area contributed by atoms with Crippen LogP contribution in [0, 0.1) is 23.7 Å². The van der Waals surface area contributed by atoms with E-state index >= 15 is 14.4 Å². The Morgan fingerprint density at radius 2 is 1.20 bits per heavy atom. The standard InChI is InChI=1S/C70H109ClN12O12/c1-13-46(6)59-67(93)83-38-32-52(83)64(90)76(8)43-58(86)78(10)54(40-48-23-16-14-17-24-48)65(91)75(7)42-56(84)72-50(31-28-47-26-29-49(71)30-27-47)63(89)82-37-22-25-51(82)62(88)74-70(33-18-19-34-70)69(95)80(12)60(45(4)5)68(94)79(11)55(66(92)81-35-20-15-21-36-81)41-57(85)77(9)53(39-44(2)3)61(87)73-59/h26-27,29-30,44-46,48,50-55,59-60H,13-25,28,31-43H2,1-12H3,(H,72,84)(H,73,87)(H,74,88)/t46-,50-,51-,52-,53-,54-,55-,59-,60-/m0/s1. The average Bonchev–Trinajstić information content (AvgIpc) is 1.77. The number of aryl methyl sites for hydroxylation is 1. The fourth-order valence-corrected chi connectivity index (χ4v) is 15.1. The van der Waals surface area contributed by atoms with Crippen LogP contribution in [-0.4, -0.2) is 250 Å². The van der Waals surface area contributed by atoms with Crippen LogP contribution in [0.1, 0.15) is 176 Å². The van der Waals surface area contributed by atoms with Crippen molar-refractivity contribution >= 4 is 82.5 Å². The molecule has 2 saturated carbocycles. The number of nitrogens with one attached hydrogen (secondary N) is 3. The summed E-state index contributed by atoms with van der Waals surface area (Å²) in [4.78, 5) is 191. The number of rotatable bonds is 11. The summed E-state index contributed by atoms with van der Waals surface area (Å²) >= 11 is 6.25. The van der Waals surface area contributed by atoms with Gasteiger partial charge in [0.25, 0.3) is 0 Å². The lowest BCUT2D eigenvalue weighted by molar-refractivity contribution is -0.157. The number of benzene rings is 1. The molecule has 9 atom stereocenters. The van der Waals surface area contributed by atoms with Gasteiger partial charge in [0, 0.05) is 73.5 Å². The van der Waals surface area contributed by atoms with Crippen molar-refractivity contribution in [3.05, 3.63) is 34.9 Å². The Hall–Kier alpha value is -6.85. The number of carbonyl (C=O) groups excluding carboxylic acids is 12. The molecule has 0 unspecified atom stereocenters. The van der Waals surface area contributed by atoms with Crippen molar-refractivity contribution < 1.29 is 57.5 Å². The number of fused-ring (bicyclic) bond motifs is 2. The normalized spacial score (nSPS) is 27.7. The second kappa shape index (κ2) is 33.9. The zero-order valence-electron chi connectivity index (χ0n) is 58.6. The van der Waals surface area contributed by atoms with Crippen LogP contribution in [0.2, 0.25) is 5.02 Å². The first-order valence-corrected chi connectivity index (χ1v) is 35.5. The maximum Gasteiger partial charge on any atom is 0.248 e. The molecule has 12 amide bonds. The van der Waals surface area contributed by atoms with Crippen molar-refractivity contribution in [1.82, 2.24) is 60.0 Å². The van der Waals surface area contributed by atoms with Crippen molar-refractivity contribution in [2.45, 2.75) is 230 Å². The van der Waals surface area contributed by atoms with Crippen molar-refractivity contribution in [1.29, 1.82) is 0 Å². The smallest absolute Gasteiger partial charge is 0.248 e. The Labute approximate surface area is 567 Å². The SMILES string of the molecule is CC[C@H](C)[C@@H]1NC(=O)[C@H](CC(C)C)N(C)C(=O)C[C@@H](C(=O)N2CCCCC2)N(C)C(=O)[C@H](C(C)C)N(C)C(=O)C2(CCCC2)NC(=O)[C@@H]2CCCN2C(=O)[C@H](CCc2ccc(Cl)cc2)NC(=O)CN(C)C(=O)[C@H](CC2CCCCC2)N(C)C(=O)CN(C)C(=O)[C@@H]2CCN2C1=O. The van der Waals surface area contributed by atoms with E-state index < -0.39 is 156 Å². The van der Waals surface area contributed by atoms with E-state index in [2.05, 4.69) is 16.0 Å². The maximum atomic E-state index is 15.4. The largest absolute Gasteiger partial charge is 0.343 e. The van der Waals surface area contributed by atoms with Gasteiger partial charge in [-0.25, -0.2) is 0 Å². The highest BCUT2D eigenvalue weighted by Crippen LogP contribution is 2.35. The molecule has 24 nitrogen and oxygen atoms in total. The molecule has 528 valence electrons. The first-order chi connectivity index (χ1) is 45.0. The number of amides is 12. The van der Waals surface area contributed by atoms with Crippen LogP contribution >= 0.6 is 11.6 Å². The number of nitrogens with zero attached hydrogens (tertiary/aromatic N) is 9. The highest BCUT2D eigenvalue weighted by Gasteiger charge is 2.51. The van der Waals surface area contributed by atoms with Crippen molar-refractivity contribution in [2.75, 3.05) is 81.6 Å². The van der Waals surface area contributed by atoms with Gasteiger partial charge in [-0.2, -0.15) is 0 Å². The van der Waals surface area contributed by atoms with E-state index in [9.17, 15) is 43.2 Å². The molecule has 4 saturated heterocycles. The van der Waals surface area contributed by atoms with E-state index in [0.717, 1.165) is 44.1 Å². The number of piperidine rings is 1. The van der Waals surface area contributed by atoms with E-state index in [1.807, 2.05) is 39.8 Å². The van der Waals surface area contributed by atoms with Crippen LogP contribution in [0.25, 0.3) is 0 Å². The fourth-order valence-electron chi connectivity index (χ4n) is 15.0. The summed E-state index contributed by atoms with van der Waals surface area (Å²) in [5.41, 5.74) is -0.662. The molecule has 0 radical (unpaired) electrons. The molecule has 0 bridgehead atoms. The summed E-state index contributed by atoms with van der Waals surface area (Å²) < 4.78 is 0. The summed E-state index contributed by atoms with van der Waals surface area (Å²) in [6, 6.07) is -1.99. The summed E-state index contributed by atoms with van der Waals surface area (Å²) in [6.45, 7) is 11.3. The molecule has 6 aliphatic rings. The quantitative estimate of drug-likeness (QED) is 0.274. The van der Waals surface area contributed by atoms with Gasteiger partial charge in [0.2, 0.25) is 70.9 Å². The Morgan fingerprint density at radius 1 is 0.589 bits per heavy atom. The Kier molecular flexibility index (Phi) is 26.9. The van der Waals surface area contributed by atoms with Crippen LogP contribution < -0.4 is 16.0 Å². The molecule has 95 heavy (non-hydrogen) atoms. The van der Waals surface area contributed by atoms with Crippen LogP contribution in [0.15, 0.2) is 24.3 Å². The second-order valence-corrected chi connectivity index (χ2v) is 29.4. The monoisotopic (exact) mass is 1340 g/mol. The molecule has 7 rings (SSSR count). The zero-order valence-corrected chi connectivity index (χ0v) is 59.4. The second-order valence-electron chi connectivity index (χ2n) is 28.9. The predicted octanol–water partition coefficient (Wildman–Crippen LogP) is 4.62. The van der Waals surface area contributed by atoms with Crippen molar-refractivity contribution in [3.8, 4) is 0 Å². The predicted molar refractivity (Wildman–Crippen MR) is 359 cm³/mol. The van der Waals surface area contributed by atoms with Crippen LogP contribution in [-0.2, 0) is 64.0 Å². The van der Waals surface area contributed by atoms with Crippen LogP contribution in [0.3, 0.4) is 0 Å². The minimum atomic E-state index is -1.49. The third-order valence-corrected chi connectivity index (χ3v) is 21.5. The Morgan fingerprint density at radius 3 is 1.80 bits per heavy atom. The molecule has 1 aromatic rings. The summed E-state index contributed by atoms with van der Waals surface area (Å²) in [5, 5.41) is 9.50. The average molecular weight is 1350 g/mol. The zero-order chi connectivity index (χ0) is 69.7. The lowest BCUT2D eigenvalue weighted by Crippen LogP contribution is -2.65. The first-order valence-electron chi connectivity index (χ1n) is 35.1. The summed E-state index contributed by atoms with van der Waals surface area (Å²) in [7, 11) is 8.86. The van der Waals surface area contributed by atoms with E-state index in [1.54, 1.807) is 30.9 Å². The van der Waals surface area contributed by atoms with Gasteiger partial charge in [0.15, 0.2) is 0 Å². The number of carbonyl (C=O) groups is 12. The maximum absolute atomic E-state index is 15.4. The molecule has 3 N–H and O–H groups in total. The van der Waals surface area contributed by atoms with Gasteiger partial charge >= 0.3 is 0 Å². The van der Waals surface area contributed by atoms with Gasteiger partial charge in [-0.3, -0.25) is 57.5 Å². The molecule has 4 aliphatic heterocycles. The molecular weight excluding hydrogens is 1240 g/mol. The van der Waals surface area contributed by atoms with Crippen molar-refractivity contribution in [3.63, 3.8) is 0 Å². The number of hydrogen-bond donors (Lipinski definition) is 3. The molecule has 4 heterocycles. The van der Waals surface area contributed by atoms with Crippen LogP contribution in [0.4, 0.5) is 0 Å². The summed E-state index contributed by atoms with van der Waals surface area (Å²) in [6.07, 6.45) is 10.3. The molecule has 6 fully saturated rings. The first kappa shape index (κ1) is 75.5. The third-order valence-electron chi connectivity index (χ3n) is 21.2. The number of likely N-dealkylation sites (N-methyl/N-ethyl adjacent to an activating group) is 6. The highest BCUT2D eigenvalue weighted by atomic mass is 35.5. The Bertz CT molecular complexity index is 2930. The Balaban J connectivity index is 1.26. The number of hydrogen-bond acceptors (Lipinski definition) is 12. The lowest BCUT2D eigenvalue weighted by atomic mass is 9.84. The molecule has 1 spiro atoms. The van der Waals surface area contributed by atoms with Gasteiger partial charge in [-0.1, -0.05) is 117 Å². The van der Waals surface area contributed by atoms with Gasteiger partial charge in [0.1, 0.15) is 53.9 Å². The van der Waals surface area contributed by atoms with Gasteiger partial charge in [-0.15, -0.1) is 0 Å². The van der Waals surface area contributed by atoms with Gasteiger partial charge in [-0.05, 0) is 118 Å². The number of likely N-dealkylation sites (tertiary alicyclic amines) is 1. The third kappa shape index (κ3) is 18.4. The number of halogens is 1. The lowest BCUT2D eigenvalue weighted by Gasteiger charge is -2.44. The van der Waals surface area contributed by atoms with E-state index in [1.165, 1.54) is 81.5 Å². The molecule has 25 heteroatoms. The van der Waals surface area contributed by atoms with E-state index in [0.29, 0.717) is 69.5 Å². The molecule has 1 aromatic carbocycles. The fraction of sp³-hybridized carbons (Fsp3) is 0.743.